The third-order valence-corrected chi connectivity index (χ3v) is 5.65. The second kappa shape index (κ2) is 8.88. The van der Waals surface area contributed by atoms with Gasteiger partial charge in [0.1, 0.15) is 0 Å². The lowest BCUT2D eigenvalue weighted by atomic mass is 9.97. The average Bonchev–Trinajstić information content (AvgIpc) is 3.19. The fraction of sp³-hybridized carbons (Fsp3) is 0.318. The molecule has 1 fully saturated rings. The molecule has 2 heterocycles. The third kappa shape index (κ3) is 5.10. The summed E-state index contributed by atoms with van der Waals surface area (Å²) in [6, 6.07) is 15.7. The molecule has 3 aromatic rings. The minimum absolute atomic E-state index is 0.0455. The lowest BCUT2D eigenvalue weighted by Crippen LogP contribution is -2.40. The predicted octanol–water partition coefficient (Wildman–Crippen LogP) is 4.66. The van der Waals surface area contributed by atoms with Crippen LogP contribution in [0, 0.1) is 12.8 Å². The average molecular weight is 455 g/mol. The van der Waals surface area contributed by atoms with Crippen LogP contribution in [0.5, 0.6) is 0 Å². The van der Waals surface area contributed by atoms with Gasteiger partial charge < -0.3 is 9.84 Å². The summed E-state index contributed by atoms with van der Waals surface area (Å²) in [6.07, 6.45) is 1.86. The van der Waals surface area contributed by atoms with Gasteiger partial charge in [-0.1, -0.05) is 38.8 Å². The SMILES string of the molecule is Cc1ccc(-c2nc(CN3CCC[C@H](C(=O)Nc4ccc(Br)cc4)C3)no2)cc1. The van der Waals surface area contributed by atoms with Crippen molar-refractivity contribution in [2.45, 2.75) is 26.3 Å². The number of carbonyl (C=O) groups excluding carboxylic acids is 1. The summed E-state index contributed by atoms with van der Waals surface area (Å²) >= 11 is 3.41. The number of halogens is 1. The zero-order chi connectivity index (χ0) is 20.2. The number of likely N-dealkylation sites (tertiary alicyclic amines) is 1. The largest absolute Gasteiger partial charge is 0.334 e. The zero-order valence-corrected chi connectivity index (χ0v) is 17.9. The highest BCUT2D eigenvalue weighted by atomic mass is 79.9. The van der Waals surface area contributed by atoms with Gasteiger partial charge in [-0.25, -0.2) is 0 Å². The van der Waals surface area contributed by atoms with Crippen LogP contribution in [0.25, 0.3) is 11.5 Å². The number of piperidine rings is 1. The molecule has 1 N–H and O–H groups in total. The van der Waals surface area contributed by atoms with E-state index < -0.39 is 0 Å². The molecule has 0 radical (unpaired) electrons. The standard InChI is InChI=1S/C22H23BrN4O2/c1-15-4-6-16(7-5-15)22-25-20(26-29-22)14-27-12-2-3-17(13-27)21(28)24-19-10-8-18(23)9-11-19/h4-11,17H,2-3,12-14H2,1H3,(H,24,28)/t17-/m0/s1. The van der Waals surface area contributed by atoms with Crippen LogP contribution in [-0.4, -0.2) is 34.0 Å². The van der Waals surface area contributed by atoms with Gasteiger partial charge in [0, 0.05) is 22.3 Å². The van der Waals surface area contributed by atoms with E-state index in [9.17, 15) is 4.79 Å². The van der Waals surface area contributed by atoms with E-state index in [4.69, 9.17) is 4.52 Å². The van der Waals surface area contributed by atoms with Crippen molar-refractivity contribution >= 4 is 27.5 Å². The van der Waals surface area contributed by atoms with Gasteiger partial charge in [0.15, 0.2) is 5.82 Å². The van der Waals surface area contributed by atoms with Crippen molar-refractivity contribution in [3.05, 3.63) is 64.4 Å². The molecule has 2 aromatic carbocycles. The lowest BCUT2D eigenvalue weighted by Gasteiger charge is -2.31. The van der Waals surface area contributed by atoms with E-state index in [0.29, 0.717) is 24.8 Å². The van der Waals surface area contributed by atoms with Crippen molar-refractivity contribution in [2.24, 2.45) is 5.92 Å². The number of hydrogen-bond donors (Lipinski definition) is 1. The van der Waals surface area contributed by atoms with E-state index in [1.807, 2.05) is 55.5 Å². The van der Waals surface area contributed by atoms with Crippen LogP contribution in [0.1, 0.15) is 24.2 Å². The Labute approximate surface area is 178 Å². The Balaban J connectivity index is 1.35. The lowest BCUT2D eigenvalue weighted by molar-refractivity contribution is -0.121. The summed E-state index contributed by atoms with van der Waals surface area (Å²) < 4.78 is 6.41. The van der Waals surface area contributed by atoms with Crippen LogP contribution in [0.2, 0.25) is 0 Å². The molecular formula is C22H23BrN4O2. The number of hydrogen-bond acceptors (Lipinski definition) is 5. The molecule has 1 saturated heterocycles. The molecule has 0 unspecified atom stereocenters. The molecule has 1 atom stereocenters. The van der Waals surface area contributed by atoms with E-state index in [-0.39, 0.29) is 11.8 Å². The van der Waals surface area contributed by atoms with Gasteiger partial charge in [-0.2, -0.15) is 4.98 Å². The topological polar surface area (TPSA) is 71.3 Å². The van der Waals surface area contributed by atoms with Crippen LogP contribution in [0.4, 0.5) is 5.69 Å². The first kappa shape index (κ1) is 19.8. The molecule has 7 heteroatoms. The fourth-order valence-electron chi connectivity index (χ4n) is 3.52. The Hall–Kier alpha value is -2.51. The minimum Gasteiger partial charge on any atom is -0.334 e. The van der Waals surface area contributed by atoms with E-state index in [1.165, 1.54) is 5.56 Å². The maximum Gasteiger partial charge on any atom is 0.257 e. The van der Waals surface area contributed by atoms with E-state index in [0.717, 1.165) is 35.1 Å². The molecule has 0 bridgehead atoms. The smallest absolute Gasteiger partial charge is 0.257 e. The highest BCUT2D eigenvalue weighted by molar-refractivity contribution is 9.10. The second-order valence-corrected chi connectivity index (χ2v) is 8.37. The number of nitrogens with zero attached hydrogens (tertiary/aromatic N) is 3. The third-order valence-electron chi connectivity index (χ3n) is 5.12. The van der Waals surface area contributed by atoms with E-state index in [1.54, 1.807) is 0 Å². The van der Waals surface area contributed by atoms with Gasteiger partial charge in [-0.05, 0) is 62.7 Å². The number of amides is 1. The van der Waals surface area contributed by atoms with Gasteiger partial charge in [0.25, 0.3) is 5.89 Å². The Morgan fingerprint density at radius 3 is 2.72 bits per heavy atom. The number of carbonyl (C=O) groups is 1. The molecule has 150 valence electrons. The van der Waals surface area contributed by atoms with Gasteiger partial charge in [0.05, 0.1) is 12.5 Å². The summed E-state index contributed by atoms with van der Waals surface area (Å²) in [5.74, 6) is 1.19. The van der Waals surface area contributed by atoms with Gasteiger partial charge >= 0.3 is 0 Å². The maximum atomic E-state index is 12.7. The Morgan fingerprint density at radius 2 is 1.97 bits per heavy atom. The second-order valence-electron chi connectivity index (χ2n) is 7.45. The molecule has 0 saturated carbocycles. The normalized spacial score (nSPS) is 17.2. The van der Waals surface area contributed by atoms with Crippen LogP contribution >= 0.6 is 15.9 Å². The summed E-state index contributed by atoms with van der Waals surface area (Å²) in [5.41, 5.74) is 2.92. The van der Waals surface area contributed by atoms with Gasteiger partial charge in [-0.15, -0.1) is 0 Å². The Morgan fingerprint density at radius 1 is 1.21 bits per heavy atom. The fourth-order valence-corrected chi connectivity index (χ4v) is 3.79. The number of rotatable bonds is 5. The van der Waals surface area contributed by atoms with E-state index in [2.05, 4.69) is 36.3 Å². The predicted molar refractivity (Wildman–Crippen MR) is 115 cm³/mol. The molecule has 1 aliphatic rings. The number of nitrogens with one attached hydrogen (secondary N) is 1. The highest BCUT2D eigenvalue weighted by Crippen LogP contribution is 2.22. The molecule has 0 aliphatic carbocycles. The van der Waals surface area contributed by atoms with E-state index >= 15 is 0 Å². The van der Waals surface area contributed by atoms with Gasteiger partial charge in [-0.3, -0.25) is 9.69 Å². The highest BCUT2D eigenvalue weighted by Gasteiger charge is 2.27. The summed E-state index contributed by atoms with van der Waals surface area (Å²) in [7, 11) is 0. The minimum atomic E-state index is -0.0455. The Kier molecular flexibility index (Phi) is 6.06. The molecule has 1 amide bonds. The first-order valence-electron chi connectivity index (χ1n) is 9.75. The van der Waals surface area contributed by atoms with Crippen molar-refractivity contribution in [2.75, 3.05) is 18.4 Å². The molecule has 1 aromatic heterocycles. The van der Waals surface area contributed by atoms with Crippen molar-refractivity contribution in [1.82, 2.24) is 15.0 Å². The first-order valence-corrected chi connectivity index (χ1v) is 10.5. The molecular weight excluding hydrogens is 432 g/mol. The summed E-state index contributed by atoms with van der Waals surface area (Å²) in [4.78, 5) is 19.4. The van der Waals surface area contributed by atoms with Crippen LogP contribution in [0.15, 0.2) is 57.5 Å². The quantitative estimate of drug-likeness (QED) is 0.606. The number of anilines is 1. The number of benzene rings is 2. The van der Waals surface area contributed by atoms with Crippen LogP contribution in [0.3, 0.4) is 0 Å². The van der Waals surface area contributed by atoms with Crippen molar-refractivity contribution in [1.29, 1.82) is 0 Å². The maximum absolute atomic E-state index is 12.7. The first-order chi connectivity index (χ1) is 14.1. The molecule has 4 rings (SSSR count). The molecule has 1 aliphatic heterocycles. The van der Waals surface area contributed by atoms with Crippen LogP contribution in [-0.2, 0) is 11.3 Å². The molecule has 6 nitrogen and oxygen atoms in total. The molecule has 0 spiro atoms. The summed E-state index contributed by atoms with van der Waals surface area (Å²) in [6.45, 7) is 4.24. The number of aromatic nitrogens is 2. The van der Waals surface area contributed by atoms with Crippen LogP contribution < -0.4 is 5.32 Å². The molecule has 29 heavy (non-hydrogen) atoms. The van der Waals surface area contributed by atoms with Crippen molar-refractivity contribution in [3.8, 4) is 11.5 Å². The number of aryl methyl sites for hydroxylation is 1. The van der Waals surface area contributed by atoms with Crippen molar-refractivity contribution in [3.63, 3.8) is 0 Å². The Bertz CT molecular complexity index is 969. The van der Waals surface area contributed by atoms with Crippen molar-refractivity contribution < 1.29 is 9.32 Å². The van der Waals surface area contributed by atoms with Gasteiger partial charge in [0.2, 0.25) is 5.91 Å². The monoisotopic (exact) mass is 454 g/mol. The summed E-state index contributed by atoms with van der Waals surface area (Å²) in [5, 5.41) is 7.14. The zero-order valence-electron chi connectivity index (χ0n) is 16.3.